The van der Waals surface area contributed by atoms with Gasteiger partial charge in [0.15, 0.2) is 0 Å². The number of hydrogen-bond acceptors (Lipinski definition) is 3. The van der Waals surface area contributed by atoms with Crippen molar-refractivity contribution < 1.29 is 9.53 Å². The molecular formula is C12H15NO2. The summed E-state index contributed by atoms with van der Waals surface area (Å²) in [7, 11) is 1.43. The highest BCUT2D eigenvalue weighted by Crippen LogP contribution is 2.40. The summed E-state index contributed by atoms with van der Waals surface area (Å²) in [6, 6.07) is 5.86. The van der Waals surface area contributed by atoms with Crippen LogP contribution in [0.15, 0.2) is 18.2 Å². The van der Waals surface area contributed by atoms with Crippen molar-refractivity contribution >= 4 is 11.7 Å². The van der Waals surface area contributed by atoms with E-state index < -0.39 is 0 Å². The Bertz CT molecular complexity index is 401. The van der Waals surface area contributed by atoms with E-state index in [-0.39, 0.29) is 17.8 Å². The lowest BCUT2D eigenvalue weighted by Gasteiger charge is -2.12. The van der Waals surface area contributed by atoms with Crippen LogP contribution in [-0.2, 0) is 16.0 Å². The SMILES string of the molecule is COC(=O)C1Cc2c(N)cccc2C1C. The molecule has 0 saturated heterocycles. The van der Waals surface area contributed by atoms with Crippen molar-refractivity contribution in [1.82, 2.24) is 0 Å². The molecule has 2 rings (SSSR count). The number of esters is 1. The van der Waals surface area contributed by atoms with Crippen LogP contribution in [0, 0.1) is 5.92 Å². The summed E-state index contributed by atoms with van der Waals surface area (Å²) < 4.78 is 4.80. The third-order valence-electron chi connectivity index (χ3n) is 3.27. The first-order chi connectivity index (χ1) is 7.15. The summed E-state index contributed by atoms with van der Waals surface area (Å²) in [5.41, 5.74) is 8.97. The Morgan fingerprint density at radius 3 is 2.87 bits per heavy atom. The van der Waals surface area contributed by atoms with Crippen LogP contribution in [0.3, 0.4) is 0 Å². The molecule has 15 heavy (non-hydrogen) atoms. The molecule has 0 aromatic heterocycles. The molecule has 0 amide bonds. The topological polar surface area (TPSA) is 52.3 Å². The molecule has 0 aliphatic heterocycles. The molecular weight excluding hydrogens is 190 g/mol. The van der Waals surface area contributed by atoms with E-state index in [0.29, 0.717) is 6.42 Å². The van der Waals surface area contributed by atoms with Gasteiger partial charge < -0.3 is 10.5 Å². The number of anilines is 1. The molecule has 2 N–H and O–H groups in total. The number of nitrogen functional groups attached to an aromatic ring is 1. The first-order valence-corrected chi connectivity index (χ1v) is 5.10. The Hall–Kier alpha value is -1.51. The van der Waals surface area contributed by atoms with Crippen molar-refractivity contribution in [2.75, 3.05) is 12.8 Å². The predicted octanol–water partition coefficient (Wildman–Crippen LogP) is 1.72. The van der Waals surface area contributed by atoms with Gasteiger partial charge in [0.1, 0.15) is 0 Å². The van der Waals surface area contributed by atoms with Gasteiger partial charge in [0.25, 0.3) is 0 Å². The van der Waals surface area contributed by atoms with Crippen molar-refractivity contribution in [3.05, 3.63) is 29.3 Å². The number of hydrogen-bond donors (Lipinski definition) is 1. The molecule has 0 radical (unpaired) electrons. The minimum Gasteiger partial charge on any atom is -0.469 e. The quantitative estimate of drug-likeness (QED) is 0.561. The third kappa shape index (κ3) is 1.48. The normalized spacial score (nSPS) is 23.6. The van der Waals surface area contributed by atoms with Crippen LogP contribution >= 0.6 is 0 Å². The van der Waals surface area contributed by atoms with Crippen molar-refractivity contribution in [3.8, 4) is 0 Å². The maximum Gasteiger partial charge on any atom is 0.309 e. The van der Waals surface area contributed by atoms with E-state index in [2.05, 4.69) is 0 Å². The van der Waals surface area contributed by atoms with E-state index in [0.717, 1.165) is 11.3 Å². The summed E-state index contributed by atoms with van der Waals surface area (Å²) in [6.45, 7) is 2.05. The highest BCUT2D eigenvalue weighted by atomic mass is 16.5. The molecule has 1 aromatic rings. The van der Waals surface area contributed by atoms with Gasteiger partial charge in [-0.3, -0.25) is 4.79 Å². The smallest absolute Gasteiger partial charge is 0.309 e. The van der Waals surface area contributed by atoms with Crippen molar-refractivity contribution in [3.63, 3.8) is 0 Å². The van der Waals surface area contributed by atoms with Crippen LogP contribution in [0.1, 0.15) is 24.0 Å². The summed E-state index contributed by atoms with van der Waals surface area (Å²) in [5, 5.41) is 0. The van der Waals surface area contributed by atoms with Crippen LogP contribution in [0.5, 0.6) is 0 Å². The molecule has 0 heterocycles. The number of rotatable bonds is 1. The van der Waals surface area contributed by atoms with Crippen LogP contribution in [0.25, 0.3) is 0 Å². The Kier molecular flexibility index (Phi) is 2.39. The standard InChI is InChI=1S/C12H15NO2/c1-7-8-4-3-5-11(13)10(8)6-9(7)12(14)15-2/h3-5,7,9H,6,13H2,1-2H3. The van der Waals surface area contributed by atoms with Crippen molar-refractivity contribution in [1.29, 1.82) is 0 Å². The number of fused-ring (bicyclic) bond motifs is 1. The van der Waals surface area contributed by atoms with Crippen LogP contribution in [0.2, 0.25) is 0 Å². The molecule has 2 atom stereocenters. The Balaban J connectivity index is 2.37. The zero-order valence-electron chi connectivity index (χ0n) is 8.99. The largest absolute Gasteiger partial charge is 0.469 e. The van der Waals surface area contributed by atoms with Crippen LogP contribution in [-0.4, -0.2) is 13.1 Å². The van der Waals surface area contributed by atoms with Gasteiger partial charge in [0.2, 0.25) is 0 Å². The summed E-state index contributed by atoms with van der Waals surface area (Å²) in [6.07, 6.45) is 0.704. The molecule has 1 aliphatic rings. The zero-order chi connectivity index (χ0) is 11.0. The molecule has 3 nitrogen and oxygen atoms in total. The molecule has 3 heteroatoms. The molecule has 0 bridgehead atoms. The van der Waals surface area contributed by atoms with Crippen LogP contribution < -0.4 is 5.73 Å². The fourth-order valence-corrected chi connectivity index (χ4v) is 2.34. The van der Waals surface area contributed by atoms with Gasteiger partial charge in [-0.15, -0.1) is 0 Å². The van der Waals surface area contributed by atoms with Gasteiger partial charge in [-0.05, 0) is 29.5 Å². The van der Waals surface area contributed by atoms with Gasteiger partial charge in [-0.2, -0.15) is 0 Å². The molecule has 0 saturated carbocycles. The maximum absolute atomic E-state index is 11.5. The lowest BCUT2D eigenvalue weighted by Crippen LogP contribution is -2.18. The van der Waals surface area contributed by atoms with E-state index in [1.54, 1.807) is 0 Å². The molecule has 2 unspecified atom stereocenters. The molecule has 1 aliphatic carbocycles. The summed E-state index contributed by atoms with van der Waals surface area (Å²) >= 11 is 0. The number of benzene rings is 1. The average Bonchev–Trinajstić information content (AvgIpc) is 2.57. The summed E-state index contributed by atoms with van der Waals surface area (Å²) in [5.74, 6) is -0.0104. The minimum atomic E-state index is -0.141. The molecule has 0 spiro atoms. The second-order valence-corrected chi connectivity index (χ2v) is 4.04. The number of carbonyl (C=O) groups excluding carboxylic acids is 1. The maximum atomic E-state index is 11.5. The number of nitrogens with two attached hydrogens (primary N) is 1. The Morgan fingerprint density at radius 1 is 1.53 bits per heavy atom. The van der Waals surface area contributed by atoms with E-state index in [9.17, 15) is 4.79 Å². The Morgan fingerprint density at radius 2 is 2.27 bits per heavy atom. The van der Waals surface area contributed by atoms with Gasteiger partial charge in [0, 0.05) is 5.69 Å². The first kappa shape index (κ1) is 10.0. The fourth-order valence-electron chi connectivity index (χ4n) is 2.34. The fraction of sp³-hybridized carbons (Fsp3) is 0.417. The molecule has 80 valence electrons. The lowest BCUT2D eigenvalue weighted by molar-refractivity contribution is -0.145. The third-order valence-corrected chi connectivity index (χ3v) is 3.27. The Labute approximate surface area is 89.2 Å². The highest BCUT2D eigenvalue weighted by molar-refractivity contribution is 5.76. The van der Waals surface area contributed by atoms with Gasteiger partial charge >= 0.3 is 5.97 Å². The van der Waals surface area contributed by atoms with Crippen LogP contribution in [0.4, 0.5) is 5.69 Å². The van der Waals surface area contributed by atoms with Gasteiger partial charge in [-0.25, -0.2) is 0 Å². The van der Waals surface area contributed by atoms with Gasteiger partial charge in [-0.1, -0.05) is 19.1 Å². The second kappa shape index (κ2) is 3.57. The number of carbonyl (C=O) groups is 1. The summed E-state index contributed by atoms with van der Waals surface area (Å²) in [4.78, 5) is 11.5. The van der Waals surface area contributed by atoms with E-state index >= 15 is 0 Å². The second-order valence-electron chi connectivity index (χ2n) is 4.04. The molecule has 0 fully saturated rings. The van der Waals surface area contributed by atoms with E-state index in [1.165, 1.54) is 12.7 Å². The minimum absolute atomic E-state index is 0.0744. The van der Waals surface area contributed by atoms with E-state index in [4.69, 9.17) is 10.5 Å². The average molecular weight is 205 g/mol. The monoisotopic (exact) mass is 205 g/mol. The molecule has 1 aromatic carbocycles. The number of ether oxygens (including phenoxy) is 1. The zero-order valence-corrected chi connectivity index (χ0v) is 8.99. The van der Waals surface area contributed by atoms with Crippen molar-refractivity contribution in [2.45, 2.75) is 19.3 Å². The highest BCUT2D eigenvalue weighted by Gasteiger charge is 2.35. The predicted molar refractivity (Wildman–Crippen MR) is 58.5 cm³/mol. The number of methoxy groups -OCH3 is 1. The van der Waals surface area contributed by atoms with E-state index in [1.807, 2.05) is 25.1 Å². The lowest BCUT2D eigenvalue weighted by atomic mass is 9.95. The van der Waals surface area contributed by atoms with Crippen molar-refractivity contribution in [2.24, 2.45) is 5.92 Å². The van der Waals surface area contributed by atoms with Gasteiger partial charge in [0.05, 0.1) is 13.0 Å². The first-order valence-electron chi connectivity index (χ1n) is 5.10.